The molecule has 0 saturated heterocycles. The Morgan fingerprint density at radius 3 is 2.33 bits per heavy atom. The van der Waals surface area contributed by atoms with Gasteiger partial charge in [0, 0.05) is 18.7 Å². The third-order valence-electron chi connectivity index (χ3n) is 3.53. The second kappa shape index (κ2) is 8.28. The first kappa shape index (κ1) is 21.2. The molecule has 0 aliphatic heterocycles. The van der Waals surface area contributed by atoms with Gasteiger partial charge >= 0.3 is 6.18 Å². The molecular formula is C17H16ClF3N2O3S. The Labute approximate surface area is 159 Å². The van der Waals surface area contributed by atoms with Gasteiger partial charge in [0.25, 0.3) is 0 Å². The van der Waals surface area contributed by atoms with Gasteiger partial charge in [-0.2, -0.15) is 13.2 Å². The summed E-state index contributed by atoms with van der Waals surface area (Å²) in [6.45, 7) is 1.62. The van der Waals surface area contributed by atoms with Crippen molar-refractivity contribution < 1.29 is 26.4 Å². The number of rotatable bonds is 6. The molecule has 2 N–H and O–H groups in total. The number of anilines is 1. The summed E-state index contributed by atoms with van der Waals surface area (Å²) in [5.41, 5.74) is 0.326. The van der Waals surface area contributed by atoms with Gasteiger partial charge in [-0.25, -0.2) is 13.1 Å². The number of halogens is 4. The SMILES string of the molecule is Cc1ccc(NC(=O)CCNS(=O)(=O)c2ccc(Cl)c(C(F)(F)F)c2)cc1. The van der Waals surface area contributed by atoms with Crippen molar-refractivity contribution in [2.24, 2.45) is 0 Å². The van der Waals surface area contributed by atoms with Crippen molar-refractivity contribution >= 4 is 33.2 Å². The molecule has 10 heteroatoms. The lowest BCUT2D eigenvalue weighted by molar-refractivity contribution is -0.137. The lowest BCUT2D eigenvalue weighted by Gasteiger charge is -2.12. The first-order valence-electron chi connectivity index (χ1n) is 7.72. The number of carbonyl (C=O) groups excluding carboxylic acids is 1. The van der Waals surface area contributed by atoms with E-state index in [1.165, 1.54) is 0 Å². The molecule has 0 fully saturated rings. The highest BCUT2D eigenvalue weighted by Crippen LogP contribution is 2.35. The zero-order chi connectivity index (χ0) is 20.2. The number of aryl methyl sites for hydroxylation is 1. The smallest absolute Gasteiger partial charge is 0.326 e. The van der Waals surface area contributed by atoms with Crippen LogP contribution in [0.25, 0.3) is 0 Å². The topological polar surface area (TPSA) is 75.3 Å². The normalized spacial score (nSPS) is 12.0. The molecule has 0 aliphatic carbocycles. The minimum absolute atomic E-state index is 0.188. The summed E-state index contributed by atoms with van der Waals surface area (Å²) in [6.07, 6.45) is -4.97. The fourth-order valence-corrected chi connectivity index (χ4v) is 3.41. The monoisotopic (exact) mass is 420 g/mol. The van der Waals surface area contributed by atoms with Crippen LogP contribution < -0.4 is 10.0 Å². The van der Waals surface area contributed by atoms with E-state index >= 15 is 0 Å². The third-order valence-corrected chi connectivity index (χ3v) is 5.32. The molecule has 0 unspecified atom stereocenters. The van der Waals surface area contributed by atoms with E-state index in [1.54, 1.807) is 24.3 Å². The maximum Gasteiger partial charge on any atom is 0.417 e. The van der Waals surface area contributed by atoms with Gasteiger partial charge in [0.1, 0.15) is 0 Å². The van der Waals surface area contributed by atoms with Crippen LogP contribution in [0.4, 0.5) is 18.9 Å². The Morgan fingerprint density at radius 1 is 1.11 bits per heavy atom. The van der Waals surface area contributed by atoms with Crippen molar-refractivity contribution in [2.45, 2.75) is 24.4 Å². The largest absolute Gasteiger partial charge is 0.417 e. The number of amides is 1. The minimum Gasteiger partial charge on any atom is -0.326 e. The van der Waals surface area contributed by atoms with Crippen LogP contribution in [0.2, 0.25) is 5.02 Å². The Bertz CT molecular complexity index is 929. The summed E-state index contributed by atoms with van der Waals surface area (Å²) in [4.78, 5) is 11.3. The quantitative estimate of drug-likeness (QED) is 0.742. The molecule has 2 aromatic carbocycles. The van der Waals surface area contributed by atoms with Crippen molar-refractivity contribution in [1.82, 2.24) is 4.72 Å². The lowest BCUT2D eigenvalue weighted by Crippen LogP contribution is -2.28. The van der Waals surface area contributed by atoms with Crippen molar-refractivity contribution in [3.05, 3.63) is 58.6 Å². The van der Waals surface area contributed by atoms with E-state index < -0.39 is 37.6 Å². The standard InChI is InChI=1S/C17H16ClF3N2O3S/c1-11-2-4-12(5-3-11)23-16(24)8-9-22-27(25,26)13-6-7-15(18)14(10-13)17(19,20)21/h2-7,10,22H,8-9H2,1H3,(H,23,24). The Kier molecular flexibility index (Phi) is 6.50. The molecule has 0 bridgehead atoms. The molecule has 0 heterocycles. The van der Waals surface area contributed by atoms with Crippen molar-refractivity contribution in [2.75, 3.05) is 11.9 Å². The lowest BCUT2D eigenvalue weighted by atomic mass is 10.2. The second-order valence-corrected chi connectivity index (χ2v) is 7.88. The molecule has 0 aromatic heterocycles. The first-order valence-corrected chi connectivity index (χ1v) is 9.58. The van der Waals surface area contributed by atoms with Crippen molar-refractivity contribution in [3.63, 3.8) is 0 Å². The van der Waals surface area contributed by atoms with Gasteiger partial charge in [-0.05, 0) is 37.3 Å². The van der Waals surface area contributed by atoms with E-state index in [0.717, 1.165) is 17.7 Å². The molecule has 0 spiro atoms. The number of alkyl halides is 3. The number of benzene rings is 2. The highest BCUT2D eigenvalue weighted by molar-refractivity contribution is 7.89. The molecule has 0 aliphatic rings. The summed E-state index contributed by atoms with van der Waals surface area (Å²) < 4.78 is 65.0. The summed E-state index contributed by atoms with van der Waals surface area (Å²) in [5, 5.41) is 1.99. The predicted octanol–water partition coefficient (Wildman–Crippen LogP) is 3.97. The molecule has 1 amide bonds. The van der Waals surface area contributed by atoms with E-state index in [-0.39, 0.29) is 13.0 Å². The van der Waals surface area contributed by atoms with Gasteiger partial charge in [0.15, 0.2) is 0 Å². The molecule has 146 valence electrons. The molecule has 0 atom stereocenters. The van der Waals surface area contributed by atoms with Gasteiger partial charge in [-0.1, -0.05) is 29.3 Å². The summed E-state index contributed by atoms with van der Waals surface area (Å²) >= 11 is 5.48. The highest BCUT2D eigenvalue weighted by Gasteiger charge is 2.34. The molecule has 0 radical (unpaired) electrons. The molecule has 0 saturated carbocycles. The average molecular weight is 421 g/mol. The summed E-state index contributed by atoms with van der Waals surface area (Å²) in [7, 11) is -4.22. The predicted molar refractivity (Wildman–Crippen MR) is 96.1 cm³/mol. The zero-order valence-electron chi connectivity index (χ0n) is 14.1. The van der Waals surface area contributed by atoms with Gasteiger partial charge in [-0.15, -0.1) is 0 Å². The van der Waals surface area contributed by atoms with Gasteiger partial charge in [0.2, 0.25) is 15.9 Å². The van der Waals surface area contributed by atoms with Crippen LogP contribution in [-0.2, 0) is 21.0 Å². The van der Waals surface area contributed by atoms with Gasteiger partial charge in [0.05, 0.1) is 15.5 Å². The molecule has 2 aromatic rings. The van der Waals surface area contributed by atoms with Crippen LogP contribution in [0.15, 0.2) is 47.4 Å². The molecular weight excluding hydrogens is 405 g/mol. The van der Waals surface area contributed by atoms with Crippen LogP contribution in [-0.4, -0.2) is 20.9 Å². The Hall–Kier alpha value is -2.10. The Balaban J connectivity index is 1.98. The Morgan fingerprint density at radius 2 is 1.74 bits per heavy atom. The number of nitrogens with one attached hydrogen (secondary N) is 2. The third kappa shape index (κ3) is 5.95. The number of hydrogen-bond donors (Lipinski definition) is 2. The maximum atomic E-state index is 12.9. The van der Waals surface area contributed by atoms with Gasteiger partial charge < -0.3 is 5.32 Å². The maximum absolute atomic E-state index is 12.9. The van der Waals surface area contributed by atoms with E-state index in [1.807, 2.05) is 6.92 Å². The van der Waals surface area contributed by atoms with Crippen LogP contribution >= 0.6 is 11.6 Å². The fraction of sp³-hybridized carbons (Fsp3) is 0.235. The molecule has 5 nitrogen and oxygen atoms in total. The summed E-state index contributed by atoms with van der Waals surface area (Å²) in [6, 6.07) is 9.29. The second-order valence-electron chi connectivity index (χ2n) is 5.70. The van der Waals surface area contributed by atoms with Crippen LogP contribution in [0.5, 0.6) is 0 Å². The van der Waals surface area contributed by atoms with E-state index in [0.29, 0.717) is 11.8 Å². The molecule has 27 heavy (non-hydrogen) atoms. The van der Waals surface area contributed by atoms with Crippen LogP contribution in [0.1, 0.15) is 17.5 Å². The van der Waals surface area contributed by atoms with Crippen molar-refractivity contribution in [1.29, 1.82) is 0 Å². The first-order chi connectivity index (χ1) is 12.5. The van der Waals surface area contributed by atoms with Crippen LogP contribution in [0, 0.1) is 6.92 Å². The molecule has 2 rings (SSSR count). The highest BCUT2D eigenvalue weighted by atomic mass is 35.5. The van der Waals surface area contributed by atoms with E-state index in [2.05, 4.69) is 10.0 Å². The number of sulfonamides is 1. The van der Waals surface area contributed by atoms with E-state index in [4.69, 9.17) is 11.6 Å². The average Bonchev–Trinajstić information content (AvgIpc) is 2.56. The summed E-state index contributed by atoms with van der Waals surface area (Å²) in [5.74, 6) is -0.436. The minimum atomic E-state index is -4.78. The van der Waals surface area contributed by atoms with Crippen molar-refractivity contribution in [3.8, 4) is 0 Å². The fourth-order valence-electron chi connectivity index (χ4n) is 2.13. The number of carbonyl (C=O) groups is 1. The van der Waals surface area contributed by atoms with Crippen LogP contribution in [0.3, 0.4) is 0 Å². The number of hydrogen-bond acceptors (Lipinski definition) is 3. The van der Waals surface area contributed by atoms with E-state index in [9.17, 15) is 26.4 Å². The zero-order valence-corrected chi connectivity index (χ0v) is 15.7. The van der Waals surface area contributed by atoms with Gasteiger partial charge in [-0.3, -0.25) is 4.79 Å².